The molecule has 140 valence electrons. The number of terminal acetylenes is 1. The lowest BCUT2D eigenvalue weighted by Gasteiger charge is -2.01. The molecule has 2 aromatic heterocycles. The average molecular weight is 403 g/mol. The normalized spacial score (nSPS) is 12.4. The van der Waals surface area contributed by atoms with E-state index in [4.69, 9.17) is 6.42 Å². The monoisotopic (exact) mass is 402 g/mol. The zero-order chi connectivity index (χ0) is 19.8. The molecule has 0 saturated heterocycles. The number of aromatic nitrogens is 3. The third-order valence-electron chi connectivity index (χ3n) is 4.03. The smallest absolute Gasteiger partial charge is 0.300 e. The van der Waals surface area contributed by atoms with Gasteiger partial charge in [-0.05, 0) is 38.1 Å². The van der Waals surface area contributed by atoms with Crippen molar-refractivity contribution in [3.63, 3.8) is 0 Å². The molecule has 0 saturated carbocycles. The predicted octanol–water partition coefficient (Wildman–Crippen LogP) is 2.01. The van der Waals surface area contributed by atoms with Gasteiger partial charge < -0.3 is 4.57 Å². The Bertz CT molecular complexity index is 1250. The third kappa shape index (κ3) is 3.72. The fraction of sp³-hybridized carbons (Fsp3) is 0.278. The van der Waals surface area contributed by atoms with Crippen LogP contribution in [0.3, 0.4) is 0 Å². The van der Waals surface area contributed by atoms with Gasteiger partial charge in [0.1, 0.15) is 0 Å². The second kappa shape index (κ2) is 7.13. The van der Waals surface area contributed by atoms with Gasteiger partial charge in [-0.25, -0.2) is 8.42 Å². The number of benzene rings is 1. The van der Waals surface area contributed by atoms with E-state index in [1.165, 1.54) is 17.4 Å². The number of carbonyl (C=O) groups is 1. The lowest BCUT2D eigenvalue weighted by molar-refractivity contribution is 0.0992. The highest BCUT2D eigenvalue weighted by Gasteiger charge is 2.14. The Morgan fingerprint density at radius 2 is 2.11 bits per heavy atom. The second-order valence-corrected chi connectivity index (χ2v) is 9.01. The number of carbonyl (C=O) groups excluding carboxylic acids is 1. The molecule has 3 rings (SSSR count). The molecule has 7 nitrogen and oxygen atoms in total. The number of hydrogen-bond acceptors (Lipinski definition) is 5. The van der Waals surface area contributed by atoms with Crippen LogP contribution in [0.4, 0.5) is 0 Å². The van der Waals surface area contributed by atoms with E-state index in [1.807, 2.05) is 13.8 Å². The minimum absolute atomic E-state index is 0.208. The first kappa shape index (κ1) is 19.1. The molecular formula is C18H18N4O3S2. The van der Waals surface area contributed by atoms with Gasteiger partial charge in [-0.2, -0.15) is 10.1 Å². The second-order valence-electron chi connectivity index (χ2n) is 5.98. The van der Waals surface area contributed by atoms with Crippen LogP contribution in [0.2, 0.25) is 0 Å². The highest BCUT2D eigenvalue weighted by molar-refractivity contribution is 7.90. The average Bonchev–Trinajstić information content (AvgIpc) is 3.14. The molecular weight excluding hydrogens is 384 g/mol. The van der Waals surface area contributed by atoms with Gasteiger partial charge >= 0.3 is 0 Å². The number of amides is 1. The van der Waals surface area contributed by atoms with Crippen molar-refractivity contribution in [1.29, 1.82) is 0 Å². The van der Waals surface area contributed by atoms with Crippen molar-refractivity contribution in [2.75, 3.05) is 6.26 Å². The zero-order valence-corrected chi connectivity index (χ0v) is 16.8. The van der Waals surface area contributed by atoms with Crippen molar-refractivity contribution in [3.05, 3.63) is 40.5 Å². The number of nitrogens with zero attached hydrogens (tertiary/aromatic N) is 4. The van der Waals surface area contributed by atoms with Gasteiger partial charge in [-0.1, -0.05) is 17.3 Å². The van der Waals surface area contributed by atoms with Crippen LogP contribution in [0.25, 0.3) is 10.2 Å². The Kier molecular flexibility index (Phi) is 5.04. The van der Waals surface area contributed by atoms with Crippen molar-refractivity contribution >= 4 is 37.3 Å². The SMILES string of the molecule is C#CCn1c(=NC(=O)c2cc(C)n(CC)n2)sc2cc(S(C)(=O)=O)ccc21. The van der Waals surface area contributed by atoms with E-state index in [1.54, 1.807) is 27.4 Å². The first-order valence-electron chi connectivity index (χ1n) is 8.15. The topological polar surface area (TPSA) is 86.3 Å². The van der Waals surface area contributed by atoms with Crippen molar-refractivity contribution in [2.24, 2.45) is 4.99 Å². The number of rotatable bonds is 4. The Morgan fingerprint density at radius 3 is 2.70 bits per heavy atom. The van der Waals surface area contributed by atoms with E-state index in [9.17, 15) is 13.2 Å². The molecule has 0 bridgehead atoms. The first-order valence-corrected chi connectivity index (χ1v) is 10.9. The molecule has 0 aliphatic heterocycles. The number of hydrogen-bond donors (Lipinski definition) is 0. The van der Waals surface area contributed by atoms with Crippen LogP contribution in [-0.2, 0) is 22.9 Å². The summed E-state index contributed by atoms with van der Waals surface area (Å²) >= 11 is 1.21. The lowest BCUT2D eigenvalue weighted by atomic mass is 10.3. The summed E-state index contributed by atoms with van der Waals surface area (Å²) in [6, 6.07) is 6.46. The molecule has 0 atom stereocenters. The van der Waals surface area contributed by atoms with Gasteiger partial charge in [0.2, 0.25) is 0 Å². The molecule has 3 aromatic rings. The Labute approximate surface area is 160 Å². The van der Waals surface area contributed by atoms with Gasteiger partial charge in [0.05, 0.1) is 21.7 Å². The summed E-state index contributed by atoms with van der Waals surface area (Å²) in [6.45, 7) is 4.69. The minimum atomic E-state index is -3.33. The van der Waals surface area contributed by atoms with E-state index in [2.05, 4.69) is 16.0 Å². The van der Waals surface area contributed by atoms with E-state index < -0.39 is 15.7 Å². The first-order chi connectivity index (χ1) is 12.7. The molecule has 0 fully saturated rings. The summed E-state index contributed by atoms with van der Waals surface area (Å²) in [7, 11) is -3.33. The van der Waals surface area contributed by atoms with Crippen LogP contribution >= 0.6 is 11.3 Å². The zero-order valence-electron chi connectivity index (χ0n) is 15.1. The van der Waals surface area contributed by atoms with Crippen molar-refractivity contribution in [1.82, 2.24) is 14.3 Å². The molecule has 0 N–H and O–H groups in total. The molecule has 2 heterocycles. The molecule has 0 spiro atoms. The van der Waals surface area contributed by atoms with Crippen LogP contribution in [0.15, 0.2) is 34.2 Å². The number of thiazole rings is 1. The van der Waals surface area contributed by atoms with Crippen LogP contribution in [0.5, 0.6) is 0 Å². The third-order valence-corrected chi connectivity index (χ3v) is 6.18. The molecule has 1 amide bonds. The maximum Gasteiger partial charge on any atom is 0.300 e. The van der Waals surface area contributed by atoms with E-state index in [-0.39, 0.29) is 17.1 Å². The molecule has 9 heteroatoms. The summed E-state index contributed by atoms with van der Waals surface area (Å²) in [5.74, 6) is 2.08. The molecule has 27 heavy (non-hydrogen) atoms. The van der Waals surface area contributed by atoms with Gasteiger partial charge in [-0.3, -0.25) is 9.48 Å². The van der Waals surface area contributed by atoms with Crippen LogP contribution in [0, 0.1) is 19.3 Å². The van der Waals surface area contributed by atoms with Crippen LogP contribution in [-0.4, -0.2) is 34.9 Å². The van der Waals surface area contributed by atoms with E-state index in [0.717, 1.165) is 17.5 Å². The number of aryl methyl sites for hydroxylation is 2. The van der Waals surface area contributed by atoms with E-state index in [0.29, 0.717) is 16.0 Å². The summed E-state index contributed by atoms with van der Waals surface area (Å²) < 4.78 is 27.7. The highest BCUT2D eigenvalue weighted by Crippen LogP contribution is 2.22. The predicted molar refractivity (Wildman–Crippen MR) is 104 cm³/mol. The summed E-state index contributed by atoms with van der Waals surface area (Å²) in [5.41, 5.74) is 1.87. The molecule has 0 radical (unpaired) electrons. The fourth-order valence-corrected chi connectivity index (χ4v) is 4.48. The van der Waals surface area contributed by atoms with Gasteiger partial charge in [0.15, 0.2) is 20.3 Å². The van der Waals surface area contributed by atoms with Crippen LogP contribution in [0.1, 0.15) is 23.1 Å². The minimum Gasteiger partial charge on any atom is -0.305 e. The van der Waals surface area contributed by atoms with Crippen molar-refractivity contribution in [2.45, 2.75) is 31.8 Å². The highest BCUT2D eigenvalue weighted by atomic mass is 32.2. The molecule has 1 aromatic carbocycles. The van der Waals surface area contributed by atoms with Gasteiger partial charge in [0.25, 0.3) is 5.91 Å². The number of fused-ring (bicyclic) bond motifs is 1. The van der Waals surface area contributed by atoms with Crippen molar-refractivity contribution in [3.8, 4) is 12.3 Å². The molecule has 0 unspecified atom stereocenters. The lowest BCUT2D eigenvalue weighted by Crippen LogP contribution is -2.16. The Balaban J connectivity index is 2.16. The Hall–Kier alpha value is -2.70. The van der Waals surface area contributed by atoms with E-state index >= 15 is 0 Å². The quantitative estimate of drug-likeness (QED) is 0.625. The standard InChI is InChI=1S/C18H18N4O3S2/c1-5-9-21-15-8-7-13(27(4,24)25)11-16(15)26-18(21)19-17(23)14-10-12(3)22(6-2)20-14/h1,7-8,10-11H,6,9H2,2-4H3. The van der Waals surface area contributed by atoms with Gasteiger partial charge in [-0.15, -0.1) is 6.42 Å². The largest absolute Gasteiger partial charge is 0.305 e. The maximum absolute atomic E-state index is 12.6. The van der Waals surface area contributed by atoms with Crippen molar-refractivity contribution < 1.29 is 13.2 Å². The molecule has 0 aliphatic rings. The maximum atomic E-state index is 12.6. The fourth-order valence-electron chi connectivity index (χ4n) is 2.69. The summed E-state index contributed by atoms with van der Waals surface area (Å²) in [5, 5.41) is 4.25. The Morgan fingerprint density at radius 1 is 1.37 bits per heavy atom. The molecule has 0 aliphatic carbocycles. The van der Waals surface area contributed by atoms with Gasteiger partial charge in [0, 0.05) is 18.5 Å². The number of sulfone groups is 1. The summed E-state index contributed by atoms with van der Waals surface area (Å²) in [4.78, 5) is 17.4. The van der Waals surface area contributed by atoms with Crippen LogP contribution < -0.4 is 4.80 Å². The summed E-state index contributed by atoms with van der Waals surface area (Å²) in [6.07, 6.45) is 6.61.